The van der Waals surface area contributed by atoms with Crippen LogP contribution in [0.25, 0.3) is 0 Å². The molecule has 1 saturated heterocycles. The molecule has 3 fully saturated rings. The second-order valence-electron chi connectivity index (χ2n) is 7.27. The van der Waals surface area contributed by atoms with Crippen LogP contribution in [-0.4, -0.2) is 29.9 Å². The Kier molecular flexibility index (Phi) is 4.08. The third-order valence-corrected chi connectivity index (χ3v) is 5.83. The van der Waals surface area contributed by atoms with Crippen molar-refractivity contribution in [2.45, 2.75) is 50.2 Å². The molecule has 0 spiro atoms. The molecule has 2 aliphatic carbocycles. The predicted octanol–water partition coefficient (Wildman–Crippen LogP) is 2.89. The lowest BCUT2D eigenvalue weighted by atomic mass is 10.00. The first-order chi connectivity index (χ1) is 11.1. The Morgan fingerprint density at radius 3 is 2.43 bits per heavy atom. The highest BCUT2D eigenvalue weighted by Crippen LogP contribution is 2.47. The summed E-state index contributed by atoms with van der Waals surface area (Å²) in [6.45, 7) is 0. The first-order valence-corrected chi connectivity index (χ1v) is 9.05. The largest absolute Gasteiger partial charge is 0.341 e. The lowest BCUT2D eigenvalue weighted by Gasteiger charge is -2.30. The number of benzene rings is 1. The van der Waals surface area contributed by atoms with Crippen LogP contribution in [-0.2, 0) is 4.79 Å². The Morgan fingerprint density at radius 1 is 1.17 bits per heavy atom. The van der Waals surface area contributed by atoms with E-state index in [0.717, 1.165) is 28.8 Å². The monoisotopic (exact) mass is 333 g/mol. The Morgan fingerprint density at radius 2 is 1.83 bits per heavy atom. The molecule has 4 nitrogen and oxygen atoms in total. The van der Waals surface area contributed by atoms with Crippen LogP contribution < -0.4 is 10.9 Å². The van der Waals surface area contributed by atoms with E-state index in [2.05, 4.69) is 10.9 Å². The van der Waals surface area contributed by atoms with E-state index in [-0.39, 0.29) is 18.0 Å². The van der Waals surface area contributed by atoms with Crippen molar-refractivity contribution in [2.75, 3.05) is 7.05 Å². The summed E-state index contributed by atoms with van der Waals surface area (Å²) >= 11 is 6.28. The molecule has 0 bridgehead atoms. The zero-order chi connectivity index (χ0) is 16.0. The summed E-state index contributed by atoms with van der Waals surface area (Å²) in [5.74, 6) is 1.70. The van der Waals surface area contributed by atoms with Crippen molar-refractivity contribution >= 4 is 17.5 Å². The van der Waals surface area contributed by atoms with E-state index in [9.17, 15) is 4.79 Å². The fourth-order valence-electron chi connectivity index (χ4n) is 3.97. The van der Waals surface area contributed by atoms with Crippen LogP contribution in [0.1, 0.15) is 43.7 Å². The van der Waals surface area contributed by atoms with Gasteiger partial charge < -0.3 is 4.90 Å². The van der Waals surface area contributed by atoms with Crippen LogP contribution in [0.2, 0.25) is 5.02 Å². The lowest BCUT2D eigenvalue weighted by Crippen LogP contribution is -2.49. The molecule has 1 aromatic carbocycles. The minimum atomic E-state index is -0.165. The molecule has 5 heteroatoms. The van der Waals surface area contributed by atoms with Crippen LogP contribution in [0.4, 0.5) is 0 Å². The highest BCUT2D eigenvalue weighted by Gasteiger charge is 2.46. The fraction of sp³-hybridized carbons (Fsp3) is 0.611. The van der Waals surface area contributed by atoms with Gasteiger partial charge in [-0.25, -0.2) is 10.9 Å². The summed E-state index contributed by atoms with van der Waals surface area (Å²) in [6.07, 6.45) is 5.90. The van der Waals surface area contributed by atoms with Crippen molar-refractivity contribution in [1.29, 1.82) is 0 Å². The minimum absolute atomic E-state index is 0.0892. The third-order valence-electron chi connectivity index (χ3n) is 5.49. The number of nitrogens with one attached hydrogen (secondary N) is 2. The van der Waals surface area contributed by atoms with Gasteiger partial charge in [0.1, 0.15) is 6.04 Å². The summed E-state index contributed by atoms with van der Waals surface area (Å²) < 4.78 is 0. The molecule has 2 saturated carbocycles. The summed E-state index contributed by atoms with van der Waals surface area (Å²) in [7, 11) is 1.99. The summed E-state index contributed by atoms with van der Waals surface area (Å²) in [5.41, 5.74) is 7.49. The summed E-state index contributed by atoms with van der Waals surface area (Å²) in [6, 6.07) is 8.23. The molecule has 0 aromatic heterocycles. The number of likely N-dealkylation sites (N-methyl/N-ethyl adjacent to an activating group) is 1. The van der Waals surface area contributed by atoms with Crippen molar-refractivity contribution in [3.05, 3.63) is 34.9 Å². The average molecular weight is 334 g/mol. The molecule has 2 atom stereocenters. The van der Waals surface area contributed by atoms with Crippen molar-refractivity contribution in [3.63, 3.8) is 0 Å². The number of halogens is 1. The van der Waals surface area contributed by atoms with Crippen molar-refractivity contribution in [3.8, 4) is 0 Å². The Labute approximate surface area is 142 Å². The van der Waals surface area contributed by atoms with Gasteiger partial charge in [0.25, 0.3) is 0 Å². The van der Waals surface area contributed by atoms with Crippen molar-refractivity contribution in [1.82, 2.24) is 15.8 Å². The van der Waals surface area contributed by atoms with Gasteiger partial charge in [0, 0.05) is 24.2 Å². The standard InChI is InChI=1S/C18H24ClN3O/c1-22(17(11-6-7-11)12-8-9-12)18(23)16-10-15(20-21-16)13-4-2-3-5-14(13)19/h2-5,11-12,15-17,20-21H,6-10H2,1H3. The van der Waals surface area contributed by atoms with E-state index < -0.39 is 0 Å². The van der Waals surface area contributed by atoms with Gasteiger partial charge in [0.05, 0.1) is 0 Å². The summed E-state index contributed by atoms with van der Waals surface area (Å²) in [5, 5.41) is 0.752. The number of hydrogen-bond acceptors (Lipinski definition) is 3. The Balaban J connectivity index is 1.42. The first kappa shape index (κ1) is 15.4. The van der Waals surface area contributed by atoms with E-state index >= 15 is 0 Å². The quantitative estimate of drug-likeness (QED) is 0.871. The first-order valence-electron chi connectivity index (χ1n) is 8.67. The van der Waals surface area contributed by atoms with Crippen LogP contribution in [0.15, 0.2) is 24.3 Å². The highest BCUT2D eigenvalue weighted by molar-refractivity contribution is 6.31. The van der Waals surface area contributed by atoms with E-state index in [1.165, 1.54) is 25.7 Å². The number of amides is 1. The zero-order valence-electron chi connectivity index (χ0n) is 13.5. The molecule has 2 N–H and O–H groups in total. The maximum atomic E-state index is 12.9. The van der Waals surface area contributed by atoms with Gasteiger partial charge in [-0.3, -0.25) is 4.79 Å². The maximum absolute atomic E-state index is 12.9. The lowest BCUT2D eigenvalue weighted by molar-refractivity contribution is -0.134. The van der Waals surface area contributed by atoms with Crippen LogP contribution in [0, 0.1) is 11.8 Å². The van der Waals surface area contributed by atoms with Gasteiger partial charge >= 0.3 is 0 Å². The number of hydrazine groups is 1. The van der Waals surface area contributed by atoms with Gasteiger partial charge in [-0.05, 0) is 55.6 Å². The number of carbonyl (C=O) groups is 1. The predicted molar refractivity (Wildman–Crippen MR) is 90.9 cm³/mol. The molecule has 124 valence electrons. The number of rotatable bonds is 5. The molecule has 1 heterocycles. The minimum Gasteiger partial charge on any atom is -0.341 e. The van der Waals surface area contributed by atoms with Crippen LogP contribution in [0.3, 0.4) is 0 Å². The second-order valence-corrected chi connectivity index (χ2v) is 7.67. The molecule has 3 aliphatic rings. The highest BCUT2D eigenvalue weighted by atomic mass is 35.5. The molecule has 1 amide bonds. The normalized spacial score (nSPS) is 27.4. The molecule has 23 heavy (non-hydrogen) atoms. The zero-order valence-corrected chi connectivity index (χ0v) is 14.2. The fourth-order valence-corrected chi connectivity index (χ4v) is 4.23. The van der Waals surface area contributed by atoms with Gasteiger partial charge in [-0.15, -0.1) is 0 Å². The Hall–Kier alpha value is -1.10. The number of hydrogen-bond donors (Lipinski definition) is 2. The SMILES string of the molecule is CN(C(=O)C1CC(c2ccccc2Cl)NN1)C(C1CC1)C1CC1. The topological polar surface area (TPSA) is 44.4 Å². The summed E-state index contributed by atoms with van der Waals surface area (Å²) in [4.78, 5) is 14.9. The Bertz CT molecular complexity index is 588. The molecule has 2 unspecified atom stereocenters. The van der Waals surface area contributed by atoms with Gasteiger partial charge in [0.2, 0.25) is 5.91 Å². The smallest absolute Gasteiger partial charge is 0.241 e. The van der Waals surface area contributed by atoms with Gasteiger partial charge in [-0.2, -0.15) is 0 Å². The van der Waals surface area contributed by atoms with E-state index in [1.807, 2.05) is 36.2 Å². The number of carbonyl (C=O) groups excluding carboxylic acids is 1. The molecular weight excluding hydrogens is 310 g/mol. The average Bonchev–Trinajstić information content (AvgIpc) is 3.48. The molecular formula is C18H24ClN3O. The van der Waals surface area contributed by atoms with E-state index in [0.29, 0.717) is 6.04 Å². The van der Waals surface area contributed by atoms with Crippen molar-refractivity contribution in [2.24, 2.45) is 11.8 Å². The van der Waals surface area contributed by atoms with Crippen LogP contribution in [0.5, 0.6) is 0 Å². The molecule has 1 aliphatic heterocycles. The third kappa shape index (κ3) is 3.12. The van der Waals surface area contributed by atoms with Crippen molar-refractivity contribution < 1.29 is 4.79 Å². The van der Waals surface area contributed by atoms with E-state index in [4.69, 9.17) is 11.6 Å². The maximum Gasteiger partial charge on any atom is 0.241 e. The van der Waals surface area contributed by atoms with Gasteiger partial charge in [-0.1, -0.05) is 29.8 Å². The van der Waals surface area contributed by atoms with E-state index in [1.54, 1.807) is 0 Å². The molecule has 0 radical (unpaired) electrons. The molecule has 1 aromatic rings. The second kappa shape index (κ2) is 6.08. The molecule has 4 rings (SSSR count). The van der Waals surface area contributed by atoms with Crippen LogP contribution >= 0.6 is 11.6 Å². The number of nitrogens with zero attached hydrogens (tertiary/aromatic N) is 1. The van der Waals surface area contributed by atoms with Gasteiger partial charge in [0.15, 0.2) is 0 Å².